The molecule has 0 radical (unpaired) electrons. The summed E-state index contributed by atoms with van der Waals surface area (Å²) in [6.07, 6.45) is -3.84. The van der Waals surface area contributed by atoms with Gasteiger partial charge in [0, 0.05) is 5.02 Å². The minimum absolute atomic E-state index is 0.258. The molecule has 2 amide bonds. The molecule has 5 atom stereocenters. The smallest absolute Gasteiger partial charge is 0.276 e. The maximum atomic E-state index is 12.8. The Labute approximate surface area is 194 Å². The van der Waals surface area contributed by atoms with Gasteiger partial charge in [0.25, 0.3) is 11.8 Å². The number of amides is 2. The molecule has 32 heavy (non-hydrogen) atoms. The Morgan fingerprint density at radius 3 is 2.34 bits per heavy atom. The second kappa shape index (κ2) is 8.60. The maximum absolute atomic E-state index is 12.8. The number of halogens is 2. The van der Waals surface area contributed by atoms with Crippen LogP contribution in [0.4, 0.5) is 0 Å². The summed E-state index contributed by atoms with van der Waals surface area (Å²) in [4.78, 5) is 24.9. The van der Waals surface area contributed by atoms with Crippen LogP contribution in [-0.4, -0.2) is 60.7 Å². The lowest BCUT2D eigenvalue weighted by atomic mass is 9.98. The molecule has 0 aliphatic carbocycles. The second-order valence-corrected chi connectivity index (χ2v) is 9.33. The predicted molar refractivity (Wildman–Crippen MR) is 111 cm³/mol. The van der Waals surface area contributed by atoms with Gasteiger partial charge >= 0.3 is 0 Å². The molecular weight excluding hydrogens is 467 g/mol. The predicted octanol–water partition coefficient (Wildman–Crippen LogP) is 1.92. The molecule has 3 aliphatic rings. The first-order chi connectivity index (χ1) is 14.9. The Hall–Kier alpha value is -1.66. The van der Waals surface area contributed by atoms with E-state index < -0.39 is 54.1 Å². The molecule has 3 aliphatic heterocycles. The quantitative estimate of drug-likeness (QED) is 0.615. The van der Waals surface area contributed by atoms with E-state index in [4.69, 9.17) is 51.6 Å². The Kier molecular flexibility index (Phi) is 6.32. The molecule has 12 heteroatoms. The fourth-order valence-electron chi connectivity index (χ4n) is 3.80. The van der Waals surface area contributed by atoms with Gasteiger partial charge in [-0.3, -0.25) is 20.4 Å². The number of hydrogen-bond acceptors (Lipinski definition) is 8. The molecule has 176 valence electrons. The largest absolute Gasteiger partial charge is 0.482 e. The van der Waals surface area contributed by atoms with E-state index in [1.807, 2.05) is 0 Å². The van der Waals surface area contributed by atoms with Crippen LogP contribution in [0.3, 0.4) is 0 Å². The monoisotopic (exact) mass is 490 g/mol. The van der Waals surface area contributed by atoms with Crippen molar-refractivity contribution in [2.24, 2.45) is 0 Å². The van der Waals surface area contributed by atoms with Crippen molar-refractivity contribution in [3.05, 3.63) is 28.2 Å². The fourth-order valence-corrected chi connectivity index (χ4v) is 4.26. The van der Waals surface area contributed by atoms with Crippen LogP contribution >= 0.6 is 23.2 Å². The third-order valence-corrected chi connectivity index (χ3v) is 5.52. The normalized spacial score (nSPS) is 32.0. The molecule has 10 nitrogen and oxygen atoms in total. The lowest BCUT2D eigenvalue weighted by molar-refractivity contribution is -0.231. The summed E-state index contributed by atoms with van der Waals surface area (Å²) in [7, 11) is 0. The van der Waals surface area contributed by atoms with Crippen LogP contribution < -0.4 is 15.6 Å². The van der Waals surface area contributed by atoms with Crippen molar-refractivity contribution < 1.29 is 38.0 Å². The molecule has 2 N–H and O–H groups in total. The molecule has 1 aromatic rings. The number of hydrogen-bond donors (Lipinski definition) is 2. The van der Waals surface area contributed by atoms with Crippen LogP contribution in [-0.2, 0) is 33.3 Å². The van der Waals surface area contributed by atoms with E-state index in [1.54, 1.807) is 33.8 Å². The molecular formula is C20H24Cl2N2O8. The number of ether oxygens (including phenoxy) is 6. The van der Waals surface area contributed by atoms with Gasteiger partial charge in [0.1, 0.15) is 24.1 Å². The molecule has 0 saturated carbocycles. The minimum Gasteiger partial charge on any atom is -0.482 e. The summed E-state index contributed by atoms with van der Waals surface area (Å²) in [5, 5.41) is 0.696. The van der Waals surface area contributed by atoms with Gasteiger partial charge in [0.15, 0.2) is 30.6 Å². The zero-order valence-electron chi connectivity index (χ0n) is 17.8. The average molecular weight is 491 g/mol. The number of nitrogens with one attached hydrogen (secondary N) is 2. The summed E-state index contributed by atoms with van der Waals surface area (Å²) in [5.74, 6) is -2.82. The average Bonchev–Trinajstić information content (AvgIpc) is 3.18. The van der Waals surface area contributed by atoms with Crippen molar-refractivity contribution in [2.75, 3.05) is 6.61 Å². The van der Waals surface area contributed by atoms with Crippen molar-refractivity contribution in [1.82, 2.24) is 10.9 Å². The Morgan fingerprint density at radius 2 is 1.62 bits per heavy atom. The van der Waals surface area contributed by atoms with Gasteiger partial charge < -0.3 is 28.4 Å². The van der Waals surface area contributed by atoms with E-state index in [0.29, 0.717) is 5.02 Å². The van der Waals surface area contributed by atoms with Crippen LogP contribution in [0.15, 0.2) is 18.2 Å². The first kappa shape index (κ1) is 23.5. The van der Waals surface area contributed by atoms with Crippen LogP contribution in [0.2, 0.25) is 10.0 Å². The Balaban J connectivity index is 1.35. The highest BCUT2D eigenvalue weighted by atomic mass is 35.5. The van der Waals surface area contributed by atoms with Gasteiger partial charge in [0.05, 0.1) is 5.02 Å². The van der Waals surface area contributed by atoms with Crippen molar-refractivity contribution in [1.29, 1.82) is 0 Å². The first-order valence-electron chi connectivity index (χ1n) is 9.97. The summed E-state index contributed by atoms with van der Waals surface area (Å²) in [6.45, 7) is 6.57. The highest BCUT2D eigenvalue weighted by Crippen LogP contribution is 2.44. The first-order valence-corrected chi connectivity index (χ1v) is 10.7. The molecule has 3 saturated heterocycles. The molecule has 1 aromatic carbocycles. The number of benzene rings is 1. The summed E-state index contributed by atoms with van der Waals surface area (Å²) >= 11 is 11.8. The van der Waals surface area contributed by atoms with Crippen molar-refractivity contribution in [2.45, 2.75) is 70.0 Å². The number of fused-ring (bicyclic) bond motifs is 3. The SMILES string of the molecule is CC1(C)O[C@@H]2O[C@@H](C(=O)NNC(=O)COc3ccc(Cl)cc3Cl)[C@H]3OC(C)(C)O[C@@H]3[C@H]2O1. The van der Waals surface area contributed by atoms with Crippen LogP contribution in [0, 0.1) is 0 Å². The number of hydrazine groups is 1. The van der Waals surface area contributed by atoms with Crippen LogP contribution in [0.25, 0.3) is 0 Å². The van der Waals surface area contributed by atoms with Gasteiger partial charge in [-0.1, -0.05) is 23.2 Å². The summed E-state index contributed by atoms with van der Waals surface area (Å²) < 4.78 is 34.7. The van der Waals surface area contributed by atoms with Gasteiger partial charge in [-0.15, -0.1) is 0 Å². The highest BCUT2D eigenvalue weighted by molar-refractivity contribution is 6.35. The summed E-state index contributed by atoms with van der Waals surface area (Å²) in [5.41, 5.74) is 4.60. The van der Waals surface area contributed by atoms with Gasteiger partial charge in [-0.05, 0) is 45.9 Å². The highest BCUT2D eigenvalue weighted by Gasteiger charge is 2.62. The number of rotatable bonds is 4. The maximum Gasteiger partial charge on any atom is 0.276 e. The molecule has 0 spiro atoms. The number of carbonyl (C=O) groups excluding carboxylic acids is 2. The number of carbonyl (C=O) groups is 2. The van der Waals surface area contributed by atoms with Gasteiger partial charge in [-0.25, -0.2) is 0 Å². The lowest BCUT2D eigenvalue weighted by Gasteiger charge is -2.36. The van der Waals surface area contributed by atoms with Crippen LogP contribution in [0.1, 0.15) is 27.7 Å². The van der Waals surface area contributed by atoms with Crippen LogP contribution in [0.5, 0.6) is 5.75 Å². The van der Waals surface area contributed by atoms with E-state index in [2.05, 4.69) is 10.9 Å². The third-order valence-electron chi connectivity index (χ3n) is 4.99. The Bertz CT molecular complexity index is 912. The van der Waals surface area contributed by atoms with E-state index in [0.717, 1.165) is 0 Å². The zero-order chi connectivity index (χ0) is 23.3. The van der Waals surface area contributed by atoms with E-state index in [-0.39, 0.29) is 17.4 Å². The van der Waals surface area contributed by atoms with Gasteiger partial charge in [0.2, 0.25) is 0 Å². The molecule has 3 heterocycles. The van der Waals surface area contributed by atoms with Gasteiger partial charge in [-0.2, -0.15) is 0 Å². The molecule has 0 aromatic heterocycles. The zero-order valence-corrected chi connectivity index (χ0v) is 19.4. The van der Waals surface area contributed by atoms with Crippen molar-refractivity contribution >= 4 is 35.0 Å². The molecule has 3 fully saturated rings. The standard InChI is InChI=1S/C20H24Cl2N2O8/c1-19(2)29-13-14(30-19)16-18(32-20(3,4)31-16)28-15(13)17(26)24-23-12(25)8-27-11-6-5-9(21)7-10(11)22/h5-7,13-16,18H,8H2,1-4H3,(H,23,25)(H,24,26)/t13-,14-,15+,16+,18-/m0/s1. The Morgan fingerprint density at radius 1 is 0.969 bits per heavy atom. The van der Waals surface area contributed by atoms with E-state index >= 15 is 0 Å². The topological polar surface area (TPSA) is 114 Å². The second-order valence-electron chi connectivity index (χ2n) is 8.49. The molecule has 0 unspecified atom stereocenters. The molecule has 0 bridgehead atoms. The fraction of sp³-hybridized carbons (Fsp3) is 0.600. The lowest BCUT2D eigenvalue weighted by Crippen LogP contribution is -2.61. The van der Waals surface area contributed by atoms with E-state index in [1.165, 1.54) is 12.1 Å². The van der Waals surface area contributed by atoms with Crippen molar-refractivity contribution in [3.63, 3.8) is 0 Å². The van der Waals surface area contributed by atoms with E-state index in [9.17, 15) is 9.59 Å². The summed E-state index contributed by atoms with van der Waals surface area (Å²) in [6, 6.07) is 4.60. The van der Waals surface area contributed by atoms with Crippen molar-refractivity contribution in [3.8, 4) is 5.75 Å². The minimum atomic E-state index is -1.10. The molecule has 4 rings (SSSR count). The third kappa shape index (κ3) is 4.96.